The van der Waals surface area contributed by atoms with Crippen LogP contribution in [0.25, 0.3) is 0 Å². The van der Waals surface area contributed by atoms with Gasteiger partial charge >= 0.3 is 0 Å². The van der Waals surface area contributed by atoms with Crippen LogP contribution < -0.4 is 0 Å². The highest BCUT2D eigenvalue weighted by Crippen LogP contribution is 2.24. The van der Waals surface area contributed by atoms with Crippen molar-refractivity contribution in [3.63, 3.8) is 0 Å². The molecule has 62 valence electrons. The van der Waals surface area contributed by atoms with Crippen molar-refractivity contribution >= 4 is 31.9 Å². The molecule has 0 N–H and O–H groups in total. The fraction of sp³-hybridized carbons (Fsp3) is 0.125. The highest BCUT2D eigenvalue weighted by Gasteiger charge is 2.06. The van der Waals surface area contributed by atoms with Crippen molar-refractivity contribution in [3.05, 3.63) is 32.5 Å². The number of hydrogen-bond donors (Lipinski definition) is 0. The van der Waals surface area contributed by atoms with Gasteiger partial charge < -0.3 is 0 Å². The van der Waals surface area contributed by atoms with E-state index in [1.54, 1.807) is 12.1 Å². The Morgan fingerprint density at radius 2 is 2.08 bits per heavy atom. The van der Waals surface area contributed by atoms with Crippen LogP contribution in [0, 0.1) is 17.1 Å². The predicted molar refractivity (Wildman–Crippen MR) is 51.1 cm³/mol. The van der Waals surface area contributed by atoms with Gasteiger partial charge in [0.25, 0.3) is 0 Å². The SMILES string of the molecule is N#CCc1cc(Br)cc(Br)c1F. The zero-order valence-corrected chi connectivity index (χ0v) is 9.11. The lowest BCUT2D eigenvalue weighted by Gasteiger charge is -2.01. The molecular weight excluding hydrogens is 289 g/mol. The van der Waals surface area contributed by atoms with E-state index in [2.05, 4.69) is 31.9 Å². The van der Waals surface area contributed by atoms with Crippen LogP contribution in [0.5, 0.6) is 0 Å². The first-order valence-corrected chi connectivity index (χ1v) is 4.74. The maximum Gasteiger partial charge on any atom is 0.141 e. The van der Waals surface area contributed by atoms with Gasteiger partial charge in [0.2, 0.25) is 0 Å². The van der Waals surface area contributed by atoms with Gasteiger partial charge in [-0.15, -0.1) is 0 Å². The van der Waals surface area contributed by atoms with Crippen molar-refractivity contribution in [3.8, 4) is 6.07 Å². The first-order chi connectivity index (χ1) is 5.65. The lowest BCUT2D eigenvalue weighted by atomic mass is 10.1. The van der Waals surface area contributed by atoms with E-state index in [4.69, 9.17) is 5.26 Å². The van der Waals surface area contributed by atoms with Crippen LogP contribution in [-0.2, 0) is 6.42 Å². The van der Waals surface area contributed by atoms with E-state index >= 15 is 0 Å². The molecule has 0 amide bonds. The molecule has 0 radical (unpaired) electrons. The number of halogens is 3. The number of rotatable bonds is 1. The van der Waals surface area contributed by atoms with Crippen molar-refractivity contribution in [1.29, 1.82) is 5.26 Å². The zero-order valence-electron chi connectivity index (χ0n) is 5.94. The zero-order chi connectivity index (χ0) is 9.14. The highest BCUT2D eigenvalue weighted by molar-refractivity contribution is 9.11. The molecule has 0 aliphatic carbocycles. The Kier molecular flexibility index (Phi) is 3.24. The standard InChI is InChI=1S/C8H4Br2FN/c9-6-3-5(1-2-12)8(11)7(10)4-6/h3-4H,1H2. The summed E-state index contributed by atoms with van der Waals surface area (Å²) in [6.45, 7) is 0. The van der Waals surface area contributed by atoms with Gasteiger partial charge in [0.05, 0.1) is 17.0 Å². The van der Waals surface area contributed by atoms with Gasteiger partial charge in [-0.2, -0.15) is 5.26 Å². The van der Waals surface area contributed by atoms with Crippen LogP contribution >= 0.6 is 31.9 Å². The molecule has 1 aromatic rings. The Morgan fingerprint density at radius 3 is 2.67 bits per heavy atom. The summed E-state index contributed by atoms with van der Waals surface area (Å²) in [6, 6.07) is 5.11. The minimum Gasteiger partial charge on any atom is -0.205 e. The molecule has 0 aliphatic heterocycles. The Balaban J connectivity index is 3.20. The minimum atomic E-state index is -0.361. The molecular formula is C8H4Br2FN. The van der Waals surface area contributed by atoms with E-state index < -0.39 is 0 Å². The van der Waals surface area contributed by atoms with Crippen molar-refractivity contribution < 1.29 is 4.39 Å². The largest absolute Gasteiger partial charge is 0.205 e. The van der Waals surface area contributed by atoms with Crippen molar-refractivity contribution in [2.24, 2.45) is 0 Å². The first-order valence-electron chi connectivity index (χ1n) is 3.15. The average Bonchev–Trinajstić information content (AvgIpc) is 2.00. The highest BCUT2D eigenvalue weighted by atomic mass is 79.9. The Labute approximate surface area is 86.5 Å². The van der Waals surface area contributed by atoms with Crippen molar-refractivity contribution in [2.45, 2.75) is 6.42 Å². The van der Waals surface area contributed by atoms with Gasteiger partial charge in [-0.05, 0) is 28.1 Å². The van der Waals surface area contributed by atoms with Crippen molar-refractivity contribution in [1.82, 2.24) is 0 Å². The Hall–Kier alpha value is -0.400. The van der Waals surface area contributed by atoms with Gasteiger partial charge in [0.15, 0.2) is 0 Å². The molecule has 0 bridgehead atoms. The van der Waals surface area contributed by atoms with Crippen LogP contribution in [0.15, 0.2) is 21.1 Å². The summed E-state index contributed by atoms with van der Waals surface area (Å²) in [5, 5.41) is 8.38. The van der Waals surface area contributed by atoms with E-state index in [0.29, 0.717) is 10.0 Å². The molecule has 4 heteroatoms. The number of nitrogens with zero attached hydrogens (tertiary/aromatic N) is 1. The van der Waals surface area contributed by atoms with Gasteiger partial charge in [0, 0.05) is 10.0 Å². The van der Waals surface area contributed by atoms with E-state index in [-0.39, 0.29) is 12.2 Å². The normalized spacial score (nSPS) is 9.50. The van der Waals surface area contributed by atoms with Gasteiger partial charge in [-0.1, -0.05) is 15.9 Å². The minimum absolute atomic E-state index is 0.0872. The molecule has 0 heterocycles. The molecule has 1 nitrogen and oxygen atoms in total. The quantitative estimate of drug-likeness (QED) is 0.728. The second kappa shape index (κ2) is 4.01. The Morgan fingerprint density at radius 1 is 1.42 bits per heavy atom. The monoisotopic (exact) mass is 291 g/mol. The molecule has 0 aromatic heterocycles. The summed E-state index contributed by atoms with van der Waals surface area (Å²) in [7, 11) is 0. The summed E-state index contributed by atoms with van der Waals surface area (Å²) in [5.41, 5.74) is 0.402. The predicted octanol–water partition coefficient (Wildman–Crippen LogP) is 3.42. The molecule has 0 saturated heterocycles. The van der Waals surface area contributed by atoms with Gasteiger partial charge in [-0.3, -0.25) is 0 Å². The van der Waals surface area contributed by atoms with E-state index in [0.717, 1.165) is 4.47 Å². The molecule has 1 aromatic carbocycles. The second-order valence-electron chi connectivity index (χ2n) is 2.20. The molecule has 0 saturated carbocycles. The van der Waals surface area contributed by atoms with E-state index in [1.807, 2.05) is 6.07 Å². The molecule has 0 unspecified atom stereocenters. The molecule has 0 spiro atoms. The maximum atomic E-state index is 13.1. The van der Waals surface area contributed by atoms with E-state index in [9.17, 15) is 4.39 Å². The summed E-state index contributed by atoms with van der Waals surface area (Å²) < 4.78 is 14.3. The summed E-state index contributed by atoms with van der Waals surface area (Å²) in [5.74, 6) is -0.361. The topological polar surface area (TPSA) is 23.8 Å². The molecule has 0 fully saturated rings. The van der Waals surface area contributed by atoms with Crippen LogP contribution in [0.2, 0.25) is 0 Å². The third-order valence-electron chi connectivity index (χ3n) is 1.34. The smallest absolute Gasteiger partial charge is 0.141 e. The number of hydrogen-bond acceptors (Lipinski definition) is 1. The van der Waals surface area contributed by atoms with Gasteiger partial charge in [0.1, 0.15) is 5.82 Å². The van der Waals surface area contributed by atoms with Crippen molar-refractivity contribution in [2.75, 3.05) is 0 Å². The number of nitriles is 1. The summed E-state index contributed by atoms with van der Waals surface area (Å²) in [6.07, 6.45) is 0.0872. The third-order valence-corrected chi connectivity index (χ3v) is 2.37. The van der Waals surface area contributed by atoms with E-state index in [1.165, 1.54) is 0 Å². The summed E-state index contributed by atoms with van der Waals surface area (Å²) >= 11 is 6.26. The molecule has 12 heavy (non-hydrogen) atoms. The second-order valence-corrected chi connectivity index (χ2v) is 3.97. The van der Waals surface area contributed by atoms with Gasteiger partial charge in [-0.25, -0.2) is 4.39 Å². The maximum absolute atomic E-state index is 13.1. The lowest BCUT2D eigenvalue weighted by Crippen LogP contribution is -1.89. The fourth-order valence-electron chi connectivity index (χ4n) is 0.823. The van der Waals surface area contributed by atoms with Crippen LogP contribution in [0.4, 0.5) is 4.39 Å². The summed E-state index contributed by atoms with van der Waals surface area (Å²) in [4.78, 5) is 0. The lowest BCUT2D eigenvalue weighted by molar-refractivity contribution is 0.608. The average molecular weight is 293 g/mol. The van der Waals surface area contributed by atoms with Crippen LogP contribution in [0.3, 0.4) is 0 Å². The number of benzene rings is 1. The third kappa shape index (κ3) is 2.05. The first kappa shape index (κ1) is 9.69. The molecule has 0 atom stereocenters. The fourth-order valence-corrected chi connectivity index (χ4v) is 2.14. The molecule has 0 aliphatic rings. The van der Waals surface area contributed by atoms with Crippen LogP contribution in [0.1, 0.15) is 5.56 Å². The molecule has 1 rings (SSSR count). The Bertz CT molecular complexity index is 344. The van der Waals surface area contributed by atoms with Crippen LogP contribution in [-0.4, -0.2) is 0 Å².